The molecule has 18 heavy (non-hydrogen) atoms. The fraction of sp³-hybridized carbons (Fsp3) is 0.364. The minimum absolute atomic E-state index is 0.00822. The molecular formula is C11H15N5O2. The first-order valence-electron chi connectivity index (χ1n) is 5.58. The second-order valence-electron chi connectivity index (χ2n) is 4.12. The molecule has 0 amide bonds. The van der Waals surface area contributed by atoms with E-state index in [1.807, 2.05) is 19.9 Å². The summed E-state index contributed by atoms with van der Waals surface area (Å²) in [4.78, 5) is 24.6. The van der Waals surface area contributed by atoms with Gasteiger partial charge in [0.1, 0.15) is 5.52 Å². The summed E-state index contributed by atoms with van der Waals surface area (Å²) < 4.78 is 0. The lowest BCUT2D eigenvalue weighted by Gasteiger charge is -2.11. The zero-order valence-corrected chi connectivity index (χ0v) is 10.2. The number of aliphatic hydroxyl groups excluding tert-OH is 1. The van der Waals surface area contributed by atoms with Crippen LogP contribution in [0.4, 0.5) is 5.82 Å². The van der Waals surface area contributed by atoms with Crippen molar-refractivity contribution in [3.8, 4) is 0 Å². The lowest BCUT2D eigenvalue weighted by atomic mass is 10.2. The molecule has 0 aromatic carbocycles. The largest absolute Gasteiger partial charge is 0.392 e. The van der Waals surface area contributed by atoms with Crippen LogP contribution in [-0.4, -0.2) is 37.7 Å². The lowest BCUT2D eigenvalue weighted by Crippen LogP contribution is -2.19. The van der Waals surface area contributed by atoms with Crippen LogP contribution in [0.25, 0.3) is 11.2 Å². The minimum atomic E-state index is -0.452. The number of nitrogens with zero attached hydrogens (tertiary/aromatic N) is 2. The Balaban J connectivity index is 2.31. The summed E-state index contributed by atoms with van der Waals surface area (Å²) >= 11 is 0. The second-order valence-corrected chi connectivity index (χ2v) is 4.12. The van der Waals surface area contributed by atoms with Crippen molar-refractivity contribution in [1.82, 2.24) is 19.9 Å². The van der Waals surface area contributed by atoms with Gasteiger partial charge in [-0.2, -0.15) is 4.98 Å². The molecule has 0 aliphatic carbocycles. The third kappa shape index (κ3) is 2.57. The Morgan fingerprint density at radius 2 is 2.44 bits per heavy atom. The van der Waals surface area contributed by atoms with Crippen LogP contribution in [0.2, 0.25) is 0 Å². The van der Waals surface area contributed by atoms with Crippen LogP contribution in [-0.2, 0) is 0 Å². The number of H-pyrrole nitrogens is 2. The van der Waals surface area contributed by atoms with Crippen LogP contribution in [0.15, 0.2) is 22.8 Å². The summed E-state index contributed by atoms with van der Waals surface area (Å²) in [6.45, 7) is 3.74. The van der Waals surface area contributed by atoms with Gasteiger partial charge in [-0.05, 0) is 13.8 Å². The van der Waals surface area contributed by atoms with Crippen molar-refractivity contribution in [2.24, 2.45) is 0 Å². The van der Waals surface area contributed by atoms with Gasteiger partial charge in [-0.3, -0.25) is 4.98 Å². The molecule has 0 fully saturated rings. The molecular weight excluding hydrogens is 234 g/mol. The third-order valence-corrected chi connectivity index (χ3v) is 2.46. The van der Waals surface area contributed by atoms with E-state index in [1.165, 1.54) is 6.33 Å². The van der Waals surface area contributed by atoms with Gasteiger partial charge in [-0.1, -0.05) is 11.6 Å². The predicted molar refractivity (Wildman–Crippen MR) is 68.4 cm³/mol. The standard InChI is InChI=1S/C11H15N5O2/c1-6(4-17)3-7(2)14-10-8-9(13-5-12-8)15-11(18)16-10/h3,5,7,17H,4H2,1-2H3,(H3,12,13,14,15,16,18)/b6-3+. The Labute approximate surface area is 103 Å². The van der Waals surface area contributed by atoms with E-state index in [0.29, 0.717) is 17.0 Å². The molecule has 0 bridgehead atoms. The average molecular weight is 249 g/mol. The zero-order valence-electron chi connectivity index (χ0n) is 10.2. The normalized spacial score (nSPS) is 13.8. The van der Waals surface area contributed by atoms with E-state index in [0.717, 1.165) is 5.57 Å². The van der Waals surface area contributed by atoms with Crippen LogP contribution in [0.3, 0.4) is 0 Å². The molecule has 2 heterocycles. The maximum Gasteiger partial charge on any atom is 0.348 e. The monoisotopic (exact) mass is 249 g/mol. The third-order valence-electron chi connectivity index (χ3n) is 2.46. The number of anilines is 1. The molecule has 2 aromatic heterocycles. The number of hydrogen-bond donors (Lipinski definition) is 4. The van der Waals surface area contributed by atoms with Gasteiger partial charge in [0.2, 0.25) is 0 Å². The maximum absolute atomic E-state index is 11.3. The van der Waals surface area contributed by atoms with Gasteiger partial charge in [0.05, 0.1) is 12.9 Å². The summed E-state index contributed by atoms with van der Waals surface area (Å²) in [6, 6.07) is -0.0575. The summed E-state index contributed by atoms with van der Waals surface area (Å²) in [5.74, 6) is 0.445. The topological polar surface area (TPSA) is 107 Å². The van der Waals surface area contributed by atoms with E-state index in [4.69, 9.17) is 5.11 Å². The van der Waals surface area contributed by atoms with Crippen LogP contribution in [0, 0.1) is 0 Å². The molecule has 0 spiro atoms. The number of rotatable bonds is 4. The Bertz CT molecular complexity index is 628. The molecule has 96 valence electrons. The first-order valence-corrected chi connectivity index (χ1v) is 5.58. The van der Waals surface area contributed by atoms with Gasteiger partial charge in [0, 0.05) is 6.04 Å². The average Bonchev–Trinajstić information content (AvgIpc) is 2.76. The molecule has 7 nitrogen and oxygen atoms in total. The Kier molecular flexibility index (Phi) is 3.42. The minimum Gasteiger partial charge on any atom is -0.392 e. The van der Waals surface area contributed by atoms with Gasteiger partial charge < -0.3 is 15.4 Å². The Hall–Kier alpha value is -2.15. The number of fused-ring (bicyclic) bond motifs is 1. The van der Waals surface area contributed by atoms with Crippen molar-refractivity contribution in [1.29, 1.82) is 0 Å². The van der Waals surface area contributed by atoms with Crippen LogP contribution in [0.5, 0.6) is 0 Å². The number of aromatic amines is 2. The second kappa shape index (κ2) is 5.01. The molecule has 2 aromatic rings. The molecule has 0 radical (unpaired) electrons. The molecule has 0 aliphatic heterocycles. The van der Waals surface area contributed by atoms with E-state index < -0.39 is 5.69 Å². The molecule has 1 unspecified atom stereocenters. The highest BCUT2D eigenvalue weighted by atomic mass is 16.3. The van der Waals surface area contributed by atoms with Crippen molar-refractivity contribution in [3.05, 3.63) is 28.5 Å². The summed E-state index contributed by atoms with van der Waals surface area (Å²) in [5, 5.41) is 12.0. The molecule has 1 atom stereocenters. The summed E-state index contributed by atoms with van der Waals surface area (Å²) in [5.41, 5.74) is 1.51. The fourth-order valence-electron chi connectivity index (χ4n) is 1.70. The number of hydrogen-bond acceptors (Lipinski definition) is 5. The summed E-state index contributed by atoms with van der Waals surface area (Å²) in [6.07, 6.45) is 3.36. The van der Waals surface area contributed by atoms with Crippen molar-refractivity contribution in [3.63, 3.8) is 0 Å². The molecule has 2 rings (SSSR count). The van der Waals surface area contributed by atoms with Crippen molar-refractivity contribution in [2.45, 2.75) is 19.9 Å². The van der Waals surface area contributed by atoms with Gasteiger partial charge in [0.25, 0.3) is 0 Å². The quantitative estimate of drug-likeness (QED) is 0.586. The first-order chi connectivity index (χ1) is 8.60. The van der Waals surface area contributed by atoms with Gasteiger partial charge >= 0.3 is 5.69 Å². The van der Waals surface area contributed by atoms with E-state index in [9.17, 15) is 4.79 Å². The molecule has 0 saturated carbocycles. The lowest BCUT2D eigenvalue weighted by molar-refractivity contribution is 0.331. The predicted octanol–water partition coefficient (Wildman–Crippen LogP) is 0.385. The fourth-order valence-corrected chi connectivity index (χ4v) is 1.70. The number of aliphatic hydroxyl groups is 1. The SMILES string of the molecule is C/C(=C\C(C)Nc1nc(=O)[nH]c2nc[nH]c12)CO. The van der Waals surface area contributed by atoms with Gasteiger partial charge in [0.15, 0.2) is 11.5 Å². The van der Waals surface area contributed by atoms with Crippen molar-refractivity contribution in [2.75, 3.05) is 11.9 Å². The van der Waals surface area contributed by atoms with E-state index in [-0.39, 0.29) is 12.6 Å². The van der Waals surface area contributed by atoms with Gasteiger partial charge in [-0.15, -0.1) is 0 Å². The Morgan fingerprint density at radius 3 is 3.17 bits per heavy atom. The van der Waals surface area contributed by atoms with Crippen molar-refractivity contribution >= 4 is 17.0 Å². The molecule has 4 N–H and O–H groups in total. The van der Waals surface area contributed by atoms with E-state index >= 15 is 0 Å². The maximum atomic E-state index is 11.3. The van der Waals surface area contributed by atoms with Crippen LogP contribution < -0.4 is 11.0 Å². The zero-order chi connectivity index (χ0) is 13.1. The molecule has 0 saturated heterocycles. The number of nitrogens with one attached hydrogen (secondary N) is 3. The van der Waals surface area contributed by atoms with Crippen molar-refractivity contribution < 1.29 is 5.11 Å². The number of imidazole rings is 1. The highest BCUT2D eigenvalue weighted by Crippen LogP contribution is 2.14. The highest BCUT2D eigenvalue weighted by Gasteiger charge is 2.08. The van der Waals surface area contributed by atoms with Crippen LogP contribution in [0.1, 0.15) is 13.8 Å². The van der Waals surface area contributed by atoms with E-state index in [1.54, 1.807) is 0 Å². The van der Waals surface area contributed by atoms with Crippen LogP contribution >= 0.6 is 0 Å². The molecule has 0 aliphatic rings. The van der Waals surface area contributed by atoms with E-state index in [2.05, 4.69) is 25.3 Å². The highest BCUT2D eigenvalue weighted by molar-refractivity contribution is 5.82. The number of aromatic nitrogens is 4. The first kappa shape index (κ1) is 12.3. The summed E-state index contributed by atoms with van der Waals surface area (Å²) in [7, 11) is 0. The Morgan fingerprint density at radius 1 is 1.67 bits per heavy atom. The van der Waals surface area contributed by atoms with Gasteiger partial charge in [-0.25, -0.2) is 9.78 Å². The smallest absolute Gasteiger partial charge is 0.348 e. The molecule has 7 heteroatoms.